The minimum absolute atomic E-state index is 0.501. The molecule has 2 nitrogen and oxygen atoms in total. The molecule has 0 bridgehead atoms. The lowest BCUT2D eigenvalue weighted by molar-refractivity contribution is 1.31. The first-order chi connectivity index (χ1) is 9.63. The van der Waals surface area contributed by atoms with Gasteiger partial charge in [0, 0.05) is 21.8 Å². The Morgan fingerprint density at radius 2 is 1.90 bits per heavy atom. The van der Waals surface area contributed by atoms with Crippen molar-refractivity contribution < 1.29 is 0 Å². The molecule has 0 unspecified atom stereocenters. The van der Waals surface area contributed by atoms with E-state index in [1.807, 2.05) is 30.3 Å². The highest BCUT2D eigenvalue weighted by atomic mass is 35.5. The Hall–Kier alpha value is -1.71. The highest BCUT2D eigenvalue weighted by Gasteiger charge is 2.16. The summed E-state index contributed by atoms with van der Waals surface area (Å²) in [5.41, 5.74) is 5.28. The maximum Gasteiger partial charge on any atom is 0.102 e. The maximum atomic E-state index is 5.96. The van der Waals surface area contributed by atoms with Crippen LogP contribution in [0.5, 0.6) is 0 Å². The van der Waals surface area contributed by atoms with Crippen molar-refractivity contribution in [1.82, 2.24) is 0 Å². The van der Waals surface area contributed by atoms with Gasteiger partial charge >= 0.3 is 0 Å². The number of thiocarbonyl (C=S) groups is 1. The van der Waals surface area contributed by atoms with Crippen LogP contribution in [-0.4, -0.2) is 17.2 Å². The van der Waals surface area contributed by atoms with Crippen molar-refractivity contribution in [3.8, 4) is 0 Å². The minimum atomic E-state index is 0.501. The molecule has 100 valence electrons. The average Bonchev–Trinajstić information content (AvgIpc) is 2.58. The second-order valence-corrected chi connectivity index (χ2v) is 5.70. The minimum Gasteiger partial charge on any atom is -0.348 e. The molecule has 3 rings (SSSR count). The summed E-state index contributed by atoms with van der Waals surface area (Å²) >= 11 is 11.2. The van der Waals surface area contributed by atoms with Crippen LogP contribution in [0.15, 0.2) is 47.5 Å². The van der Waals surface area contributed by atoms with Gasteiger partial charge in [-0.15, -0.1) is 0 Å². The van der Waals surface area contributed by atoms with Gasteiger partial charge in [-0.25, -0.2) is 0 Å². The lowest BCUT2D eigenvalue weighted by Gasteiger charge is -2.11. The van der Waals surface area contributed by atoms with E-state index >= 15 is 0 Å². The lowest BCUT2D eigenvalue weighted by atomic mass is 9.99. The topological polar surface area (TPSA) is 24.4 Å². The maximum absolute atomic E-state index is 5.96. The van der Waals surface area contributed by atoms with E-state index < -0.39 is 0 Å². The molecule has 1 aliphatic rings. The van der Waals surface area contributed by atoms with Crippen molar-refractivity contribution in [2.24, 2.45) is 4.99 Å². The van der Waals surface area contributed by atoms with Crippen molar-refractivity contribution in [1.29, 1.82) is 0 Å². The summed E-state index contributed by atoms with van der Waals surface area (Å²) in [5, 5.41) is 3.97. The second-order valence-electron chi connectivity index (χ2n) is 4.77. The van der Waals surface area contributed by atoms with Gasteiger partial charge in [0.05, 0.1) is 12.3 Å². The molecule has 0 saturated heterocycles. The first kappa shape index (κ1) is 13.3. The number of aryl methyl sites for hydroxylation is 1. The van der Waals surface area contributed by atoms with Crippen molar-refractivity contribution >= 4 is 40.2 Å². The van der Waals surface area contributed by atoms with Crippen LogP contribution in [0.1, 0.15) is 16.7 Å². The molecule has 0 atom stereocenters. The molecule has 0 saturated carbocycles. The fourth-order valence-corrected chi connectivity index (χ4v) is 2.54. The van der Waals surface area contributed by atoms with Crippen molar-refractivity contribution in [3.63, 3.8) is 0 Å². The molecule has 0 spiro atoms. The van der Waals surface area contributed by atoms with Crippen molar-refractivity contribution in [3.05, 3.63) is 64.2 Å². The molecule has 2 aromatic carbocycles. The van der Waals surface area contributed by atoms with E-state index in [0.717, 1.165) is 32.5 Å². The number of hydrogen-bond acceptors (Lipinski definition) is 2. The molecule has 0 amide bonds. The predicted molar refractivity (Wildman–Crippen MR) is 89.4 cm³/mol. The molecule has 4 heteroatoms. The van der Waals surface area contributed by atoms with Gasteiger partial charge in [0.2, 0.25) is 0 Å². The number of benzene rings is 2. The van der Waals surface area contributed by atoms with Gasteiger partial charge in [0.25, 0.3) is 0 Å². The Bertz CT molecular complexity index is 705. The van der Waals surface area contributed by atoms with Gasteiger partial charge in [-0.2, -0.15) is 0 Å². The van der Waals surface area contributed by atoms with Gasteiger partial charge in [-0.05, 0) is 31.2 Å². The number of benzodiazepines with no additional fused rings is 1. The molecule has 0 fully saturated rings. The van der Waals surface area contributed by atoms with E-state index in [-0.39, 0.29) is 0 Å². The van der Waals surface area contributed by atoms with Crippen LogP contribution >= 0.6 is 23.8 Å². The molecule has 2 aromatic rings. The zero-order valence-electron chi connectivity index (χ0n) is 11.0. The summed E-state index contributed by atoms with van der Waals surface area (Å²) in [4.78, 5) is 5.39. The molecule has 0 aromatic heterocycles. The SMILES string of the molecule is Cc1ccc2c(c1)C(c1ccc(Cl)cc1)=NCC(=S)N2. The van der Waals surface area contributed by atoms with Crippen LogP contribution < -0.4 is 5.32 Å². The van der Waals surface area contributed by atoms with Gasteiger partial charge in [0.15, 0.2) is 0 Å². The summed E-state index contributed by atoms with van der Waals surface area (Å²) in [5.74, 6) is 0. The summed E-state index contributed by atoms with van der Waals surface area (Å²) in [6.45, 7) is 2.57. The zero-order valence-corrected chi connectivity index (χ0v) is 12.6. The fraction of sp³-hybridized carbons (Fsp3) is 0.125. The molecule has 1 heterocycles. The van der Waals surface area contributed by atoms with E-state index in [0.29, 0.717) is 6.54 Å². The Labute approximate surface area is 128 Å². The number of rotatable bonds is 1. The molecular weight excluding hydrogens is 288 g/mol. The molecule has 20 heavy (non-hydrogen) atoms. The first-order valence-corrected chi connectivity index (χ1v) is 7.13. The van der Waals surface area contributed by atoms with Gasteiger partial charge in [-0.1, -0.05) is 47.6 Å². The summed E-state index contributed by atoms with van der Waals surface area (Å²) < 4.78 is 0. The summed E-state index contributed by atoms with van der Waals surface area (Å²) in [6.07, 6.45) is 0. The number of nitrogens with zero attached hydrogens (tertiary/aromatic N) is 1. The Morgan fingerprint density at radius 1 is 1.15 bits per heavy atom. The monoisotopic (exact) mass is 300 g/mol. The number of aliphatic imine (C=N–C) groups is 1. The molecule has 0 radical (unpaired) electrons. The third-order valence-electron chi connectivity index (χ3n) is 3.20. The van der Waals surface area contributed by atoms with Gasteiger partial charge < -0.3 is 5.32 Å². The quantitative estimate of drug-likeness (QED) is 0.797. The normalized spacial score (nSPS) is 14.1. The van der Waals surface area contributed by atoms with Crippen molar-refractivity contribution in [2.75, 3.05) is 11.9 Å². The average molecular weight is 301 g/mol. The molecule has 1 N–H and O–H groups in total. The van der Waals surface area contributed by atoms with Crippen LogP contribution in [0, 0.1) is 6.92 Å². The zero-order chi connectivity index (χ0) is 14.1. The van der Waals surface area contributed by atoms with E-state index in [1.54, 1.807) is 0 Å². The van der Waals surface area contributed by atoms with Gasteiger partial charge in [-0.3, -0.25) is 4.99 Å². The summed E-state index contributed by atoms with van der Waals surface area (Å²) in [7, 11) is 0. The third kappa shape index (κ3) is 2.60. The third-order valence-corrected chi connectivity index (χ3v) is 3.69. The number of halogens is 1. The largest absolute Gasteiger partial charge is 0.348 e. The summed E-state index contributed by atoms with van der Waals surface area (Å²) in [6, 6.07) is 14.0. The smallest absolute Gasteiger partial charge is 0.102 e. The Balaban J connectivity index is 2.17. The second kappa shape index (κ2) is 5.35. The van der Waals surface area contributed by atoms with Crippen LogP contribution in [0.25, 0.3) is 0 Å². The Kier molecular flexibility index (Phi) is 3.55. The lowest BCUT2D eigenvalue weighted by Crippen LogP contribution is -2.10. The number of hydrogen-bond donors (Lipinski definition) is 1. The van der Waals surface area contributed by atoms with Crippen molar-refractivity contribution in [2.45, 2.75) is 6.92 Å². The molecular formula is C16H13ClN2S. The Morgan fingerprint density at radius 3 is 2.65 bits per heavy atom. The van der Waals surface area contributed by atoms with Crippen LogP contribution in [0.3, 0.4) is 0 Å². The standard InChI is InChI=1S/C16H13ClN2S/c1-10-2-7-14-13(8-10)16(18-9-15(20)19-14)11-3-5-12(17)6-4-11/h2-8H,9H2,1H3,(H,19,20). The number of fused-ring (bicyclic) bond motifs is 1. The number of nitrogens with one attached hydrogen (secondary N) is 1. The first-order valence-electron chi connectivity index (χ1n) is 6.35. The van der Waals surface area contributed by atoms with Crippen LogP contribution in [0.4, 0.5) is 5.69 Å². The molecule has 0 aliphatic carbocycles. The number of anilines is 1. The van der Waals surface area contributed by atoms with E-state index in [9.17, 15) is 0 Å². The van der Waals surface area contributed by atoms with Crippen LogP contribution in [0.2, 0.25) is 5.02 Å². The van der Waals surface area contributed by atoms with E-state index in [4.69, 9.17) is 23.8 Å². The molecule has 1 aliphatic heterocycles. The van der Waals surface area contributed by atoms with E-state index in [1.165, 1.54) is 5.56 Å². The highest BCUT2D eigenvalue weighted by molar-refractivity contribution is 7.80. The van der Waals surface area contributed by atoms with E-state index in [2.05, 4.69) is 29.4 Å². The fourth-order valence-electron chi connectivity index (χ4n) is 2.24. The predicted octanol–water partition coefficient (Wildman–Crippen LogP) is 4.24. The van der Waals surface area contributed by atoms with Gasteiger partial charge in [0.1, 0.15) is 4.99 Å². The highest BCUT2D eigenvalue weighted by Crippen LogP contribution is 2.24. The van der Waals surface area contributed by atoms with Crippen LogP contribution in [-0.2, 0) is 0 Å².